The minimum Gasteiger partial charge on any atom is -0.489 e. The van der Waals surface area contributed by atoms with Crippen molar-refractivity contribution < 1.29 is 9.53 Å². The van der Waals surface area contributed by atoms with Crippen LogP contribution in [0.2, 0.25) is 0 Å². The molecule has 1 amide bonds. The summed E-state index contributed by atoms with van der Waals surface area (Å²) in [6, 6.07) is 11.2. The van der Waals surface area contributed by atoms with Gasteiger partial charge in [0, 0.05) is 43.2 Å². The highest BCUT2D eigenvalue weighted by Crippen LogP contribution is 2.20. The molecule has 5 heteroatoms. The van der Waals surface area contributed by atoms with Crippen molar-refractivity contribution >= 4 is 5.91 Å². The van der Waals surface area contributed by atoms with E-state index in [9.17, 15) is 4.79 Å². The SMILES string of the molecule is CC1CC(C)CN(CCCNC(=O)c2cccc(OCc3cccnc3)c2)C1. The van der Waals surface area contributed by atoms with E-state index in [0.717, 1.165) is 30.4 Å². The summed E-state index contributed by atoms with van der Waals surface area (Å²) >= 11 is 0. The Balaban J connectivity index is 1.41. The lowest BCUT2D eigenvalue weighted by Gasteiger charge is -2.34. The molecule has 5 nitrogen and oxygen atoms in total. The molecule has 2 atom stereocenters. The third-order valence-corrected chi connectivity index (χ3v) is 5.11. The van der Waals surface area contributed by atoms with Gasteiger partial charge in [0.2, 0.25) is 0 Å². The van der Waals surface area contributed by atoms with Crippen LogP contribution >= 0.6 is 0 Å². The van der Waals surface area contributed by atoms with Crippen LogP contribution in [-0.2, 0) is 6.61 Å². The second-order valence-electron chi connectivity index (χ2n) is 7.99. The number of hydrogen-bond donors (Lipinski definition) is 1. The van der Waals surface area contributed by atoms with Crippen LogP contribution in [0.4, 0.5) is 0 Å². The maximum Gasteiger partial charge on any atom is 0.251 e. The molecule has 1 N–H and O–H groups in total. The zero-order valence-electron chi connectivity index (χ0n) is 16.9. The number of ether oxygens (including phenoxy) is 1. The molecule has 0 aliphatic carbocycles. The highest BCUT2D eigenvalue weighted by Gasteiger charge is 2.21. The molecule has 28 heavy (non-hydrogen) atoms. The number of piperidine rings is 1. The molecular formula is C23H31N3O2. The lowest BCUT2D eigenvalue weighted by Crippen LogP contribution is -2.40. The standard InChI is InChI=1S/C23H31N3O2/c1-18-12-19(2)16-26(15-18)11-5-10-25-23(27)21-7-3-8-22(13-21)28-17-20-6-4-9-24-14-20/h3-4,6-9,13-14,18-19H,5,10-12,15-17H2,1-2H3,(H,25,27). The van der Waals surface area contributed by atoms with Crippen molar-refractivity contribution in [2.75, 3.05) is 26.2 Å². The summed E-state index contributed by atoms with van der Waals surface area (Å²) in [5.74, 6) is 2.18. The first-order valence-corrected chi connectivity index (χ1v) is 10.2. The second kappa shape index (κ2) is 10.2. The number of aromatic nitrogens is 1. The summed E-state index contributed by atoms with van der Waals surface area (Å²) in [6.07, 6.45) is 5.82. The van der Waals surface area contributed by atoms with Crippen molar-refractivity contribution in [3.05, 3.63) is 59.9 Å². The molecule has 1 aromatic heterocycles. The average molecular weight is 382 g/mol. The molecule has 1 saturated heterocycles. The molecule has 1 aliphatic heterocycles. The van der Waals surface area contributed by atoms with Gasteiger partial charge in [-0.15, -0.1) is 0 Å². The number of carbonyl (C=O) groups is 1. The quantitative estimate of drug-likeness (QED) is 0.708. The van der Waals surface area contributed by atoms with Gasteiger partial charge in [-0.25, -0.2) is 0 Å². The molecule has 3 rings (SSSR count). The molecule has 0 bridgehead atoms. The van der Waals surface area contributed by atoms with Gasteiger partial charge in [-0.05, 0) is 55.5 Å². The van der Waals surface area contributed by atoms with Crippen molar-refractivity contribution in [3.8, 4) is 5.75 Å². The molecule has 2 unspecified atom stereocenters. The van der Waals surface area contributed by atoms with E-state index in [1.165, 1.54) is 19.5 Å². The van der Waals surface area contributed by atoms with E-state index in [0.29, 0.717) is 24.5 Å². The number of benzene rings is 1. The molecule has 2 heterocycles. The van der Waals surface area contributed by atoms with Crippen molar-refractivity contribution in [2.24, 2.45) is 11.8 Å². The number of pyridine rings is 1. The number of nitrogens with one attached hydrogen (secondary N) is 1. The van der Waals surface area contributed by atoms with Crippen LogP contribution in [-0.4, -0.2) is 42.0 Å². The predicted molar refractivity (Wildman–Crippen MR) is 111 cm³/mol. The topological polar surface area (TPSA) is 54.5 Å². The Morgan fingerprint density at radius 1 is 1.21 bits per heavy atom. The predicted octanol–water partition coefficient (Wildman–Crippen LogP) is 3.76. The van der Waals surface area contributed by atoms with Crippen LogP contribution in [0.15, 0.2) is 48.8 Å². The first kappa shape index (κ1) is 20.3. The second-order valence-corrected chi connectivity index (χ2v) is 7.99. The first-order valence-electron chi connectivity index (χ1n) is 10.2. The van der Waals surface area contributed by atoms with E-state index >= 15 is 0 Å². The van der Waals surface area contributed by atoms with E-state index < -0.39 is 0 Å². The number of carbonyl (C=O) groups excluding carboxylic acids is 1. The van der Waals surface area contributed by atoms with E-state index in [1.807, 2.05) is 30.3 Å². The molecule has 2 aromatic rings. The van der Waals surface area contributed by atoms with E-state index in [1.54, 1.807) is 18.5 Å². The third kappa shape index (κ3) is 6.34. The molecular weight excluding hydrogens is 350 g/mol. The molecule has 0 radical (unpaired) electrons. The van der Waals surface area contributed by atoms with Gasteiger partial charge in [-0.1, -0.05) is 26.0 Å². The molecule has 150 valence electrons. The third-order valence-electron chi connectivity index (χ3n) is 5.11. The van der Waals surface area contributed by atoms with Crippen molar-refractivity contribution in [2.45, 2.75) is 33.3 Å². The average Bonchev–Trinajstić information content (AvgIpc) is 2.70. The van der Waals surface area contributed by atoms with Gasteiger partial charge in [0.05, 0.1) is 0 Å². The van der Waals surface area contributed by atoms with Gasteiger partial charge < -0.3 is 15.0 Å². The Hall–Kier alpha value is -2.40. The monoisotopic (exact) mass is 381 g/mol. The summed E-state index contributed by atoms with van der Waals surface area (Å²) < 4.78 is 5.78. The fourth-order valence-corrected chi connectivity index (χ4v) is 3.96. The Morgan fingerprint density at radius 3 is 2.79 bits per heavy atom. The summed E-state index contributed by atoms with van der Waals surface area (Å²) in [7, 11) is 0. The van der Waals surface area contributed by atoms with E-state index in [-0.39, 0.29) is 5.91 Å². The summed E-state index contributed by atoms with van der Waals surface area (Å²) in [6.45, 7) is 9.18. The zero-order valence-corrected chi connectivity index (χ0v) is 16.9. The van der Waals surface area contributed by atoms with Crippen LogP contribution in [0.5, 0.6) is 5.75 Å². The summed E-state index contributed by atoms with van der Waals surface area (Å²) in [4.78, 5) is 19.0. The summed E-state index contributed by atoms with van der Waals surface area (Å²) in [5, 5.41) is 3.03. The Morgan fingerprint density at radius 2 is 2.04 bits per heavy atom. The van der Waals surface area contributed by atoms with Crippen LogP contribution in [0.3, 0.4) is 0 Å². The highest BCUT2D eigenvalue weighted by molar-refractivity contribution is 5.94. The van der Waals surface area contributed by atoms with Crippen molar-refractivity contribution in [1.29, 1.82) is 0 Å². The minimum absolute atomic E-state index is 0.0489. The van der Waals surface area contributed by atoms with E-state index in [2.05, 4.69) is 29.0 Å². The first-order chi connectivity index (χ1) is 13.6. The number of nitrogens with zero attached hydrogens (tertiary/aromatic N) is 2. The maximum atomic E-state index is 12.4. The molecule has 1 aromatic carbocycles. The van der Waals surface area contributed by atoms with Gasteiger partial charge >= 0.3 is 0 Å². The van der Waals surface area contributed by atoms with Crippen molar-refractivity contribution in [1.82, 2.24) is 15.2 Å². The Labute approximate surface area is 168 Å². The number of hydrogen-bond acceptors (Lipinski definition) is 4. The van der Waals surface area contributed by atoms with Gasteiger partial charge in [-0.2, -0.15) is 0 Å². The number of rotatable bonds is 8. The lowest BCUT2D eigenvalue weighted by atomic mass is 9.92. The molecule has 0 spiro atoms. The number of likely N-dealkylation sites (tertiary alicyclic amines) is 1. The Bertz CT molecular complexity index is 741. The molecule has 1 fully saturated rings. The highest BCUT2D eigenvalue weighted by atomic mass is 16.5. The minimum atomic E-state index is -0.0489. The Kier molecular flexibility index (Phi) is 7.43. The largest absolute Gasteiger partial charge is 0.489 e. The van der Waals surface area contributed by atoms with Gasteiger partial charge in [0.25, 0.3) is 5.91 Å². The fourth-order valence-electron chi connectivity index (χ4n) is 3.96. The van der Waals surface area contributed by atoms with E-state index in [4.69, 9.17) is 4.74 Å². The van der Waals surface area contributed by atoms with Crippen LogP contribution in [0, 0.1) is 11.8 Å². The van der Waals surface area contributed by atoms with Gasteiger partial charge in [0.1, 0.15) is 12.4 Å². The van der Waals surface area contributed by atoms with Gasteiger partial charge in [-0.3, -0.25) is 9.78 Å². The fraction of sp³-hybridized carbons (Fsp3) is 0.478. The van der Waals surface area contributed by atoms with Crippen LogP contribution in [0.25, 0.3) is 0 Å². The molecule has 1 aliphatic rings. The normalized spacial score (nSPS) is 19.9. The summed E-state index contributed by atoms with van der Waals surface area (Å²) in [5.41, 5.74) is 1.63. The lowest BCUT2D eigenvalue weighted by molar-refractivity contribution is 0.0947. The van der Waals surface area contributed by atoms with Gasteiger partial charge in [0.15, 0.2) is 0 Å². The number of amides is 1. The maximum absolute atomic E-state index is 12.4. The smallest absolute Gasteiger partial charge is 0.251 e. The van der Waals surface area contributed by atoms with Crippen LogP contribution in [0.1, 0.15) is 42.6 Å². The zero-order chi connectivity index (χ0) is 19.8. The van der Waals surface area contributed by atoms with Crippen LogP contribution < -0.4 is 10.1 Å². The van der Waals surface area contributed by atoms with Crippen molar-refractivity contribution in [3.63, 3.8) is 0 Å². The molecule has 0 saturated carbocycles.